The maximum absolute atomic E-state index is 2.45. The van der Waals surface area contributed by atoms with Gasteiger partial charge in [0.2, 0.25) is 0 Å². The number of aromatic nitrogens is 1. The average molecular weight is 888 g/mol. The Morgan fingerprint density at radius 3 is 1.31 bits per heavy atom. The van der Waals surface area contributed by atoms with Gasteiger partial charge in [-0.1, -0.05) is 196 Å². The molecule has 0 radical (unpaired) electrons. The molecule has 0 saturated carbocycles. The Labute approximate surface area is 406 Å². The summed E-state index contributed by atoms with van der Waals surface area (Å²) in [7, 11) is 0. The molecular weight excluding hydrogens is 843 g/mol. The first-order valence-corrected chi connectivity index (χ1v) is 24.6. The van der Waals surface area contributed by atoms with E-state index in [0.717, 1.165) is 0 Å². The van der Waals surface area contributed by atoms with Crippen LogP contribution in [0.15, 0.2) is 237 Å². The minimum Gasteiger partial charge on any atom is -0.309 e. The summed E-state index contributed by atoms with van der Waals surface area (Å²) in [5.41, 5.74) is 16.4. The molecule has 0 fully saturated rings. The van der Waals surface area contributed by atoms with Crippen molar-refractivity contribution in [2.75, 3.05) is 0 Å². The Kier molecular flexibility index (Phi) is 8.19. The van der Waals surface area contributed by atoms with Crippen LogP contribution < -0.4 is 0 Å². The van der Waals surface area contributed by atoms with E-state index >= 15 is 0 Å². The lowest BCUT2D eigenvalue weighted by molar-refractivity contribution is 0.660. The van der Waals surface area contributed by atoms with E-state index in [1.54, 1.807) is 0 Å². The summed E-state index contributed by atoms with van der Waals surface area (Å²) in [6, 6.07) is 88.8. The summed E-state index contributed by atoms with van der Waals surface area (Å²) in [5, 5.41) is 17.9. The maximum atomic E-state index is 2.45. The first-order valence-electron chi connectivity index (χ1n) is 24.6. The molecule has 1 heterocycles. The van der Waals surface area contributed by atoms with Crippen LogP contribution >= 0.6 is 0 Å². The molecule has 0 amide bonds. The number of hydrogen-bond donors (Lipinski definition) is 0. The molecule has 15 rings (SSSR count). The topological polar surface area (TPSA) is 4.93 Å². The van der Waals surface area contributed by atoms with Crippen molar-refractivity contribution < 1.29 is 0 Å². The van der Waals surface area contributed by atoms with Gasteiger partial charge in [0.15, 0.2) is 0 Å². The van der Waals surface area contributed by atoms with E-state index in [0.29, 0.717) is 0 Å². The van der Waals surface area contributed by atoms with Crippen LogP contribution in [-0.2, 0) is 5.41 Å². The van der Waals surface area contributed by atoms with E-state index in [9.17, 15) is 0 Å². The molecule has 14 aromatic rings. The minimum absolute atomic E-state index is 0.115. The Balaban J connectivity index is 0.753. The van der Waals surface area contributed by atoms with E-state index < -0.39 is 0 Å². The van der Waals surface area contributed by atoms with Crippen LogP contribution in [0.2, 0.25) is 0 Å². The van der Waals surface area contributed by atoms with Crippen LogP contribution in [0.5, 0.6) is 0 Å². The van der Waals surface area contributed by atoms with Gasteiger partial charge in [-0.2, -0.15) is 0 Å². The monoisotopic (exact) mass is 887 g/mol. The number of para-hydroxylation sites is 2. The molecule has 0 N–H and O–H groups in total. The van der Waals surface area contributed by atoms with E-state index in [1.807, 2.05) is 0 Å². The number of hydrogen-bond acceptors (Lipinski definition) is 0. The fourth-order valence-corrected chi connectivity index (χ4v) is 12.4. The molecule has 0 aliphatic heterocycles. The van der Waals surface area contributed by atoms with Crippen LogP contribution in [0.4, 0.5) is 0 Å². The van der Waals surface area contributed by atoms with Crippen molar-refractivity contribution in [2.45, 2.75) is 19.3 Å². The molecule has 0 bridgehead atoms. The lowest BCUT2D eigenvalue weighted by Gasteiger charge is -2.22. The molecule has 326 valence electrons. The van der Waals surface area contributed by atoms with E-state index in [-0.39, 0.29) is 5.41 Å². The predicted octanol–water partition coefficient (Wildman–Crippen LogP) is 19.0. The summed E-state index contributed by atoms with van der Waals surface area (Å²) in [6.07, 6.45) is 0. The van der Waals surface area contributed by atoms with Gasteiger partial charge < -0.3 is 4.57 Å². The highest BCUT2D eigenvalue weighted by molar-refractivity contribution is 6.19. The first kappa shape index (κ1) is 39.2. The molecule has 1 aliphatic rings. The summed E-state index contributed by atoms with van der Waals surface area (Å²) in [5.74, 6) is 0. The van der Waals surface area contributed by atoms with Gasteiger partial charge in [-0.05, 0) is 175 Å². The van der Waals surface area contributed by atoms with Crippen molar-refractivity contribution >= 4 is 86.4 Å². The third-order valence-electron chi connectivity index (χ3n) is 15.9. The first-order chi connectivity index (χ1) is 34.4. The zero-order valence-electron chi connectivity index (χ0n) is 39.0. The second-order valence-corrected chi connectivity index (χ2v) is 20.0. The fraction of sp³-hybridized carbons (Fsp3) is 0.0435. The summed E-state index contributed by atoms with van der Waals surface area (Å²) in [4.78, 5) is 0. The normalized spacial score (nSPS) is 13.1. The Morgan fingerprint density at radius 1 is 0.257 bits per heavy atom. The Hall–Kier alpha value is -8.78. The smallest absolute Gasteiger partial charge is 0.0547 e. The van der Waals surface area contributed by atoms with E-state index in [1.165, 1.54) is 148 Å². The van der Waals surface area contributed by atoms with Crippen molar-refractivity contribution in [1.29, 1.82) is 0 Å². The van der Waals surface area contributed by atoms with E-state index in [2.05, 4.69) is 255 Å². The largest absolute Gasteiger partial charge is 0.309 e. The zero-order valence-corrected chi connectivity index (χ0v) is 39.0. The van der Waals surface area contributed by atoms with Crippen LogP contribution in [0.3, 0.4) is 0 Å². The highest BCUT2D eigenvalue weighted by atomic mass is 15.0. The summed E-state index contributed by atoms with van der Waals surface area (Å²) in [6.45, 7) is 4.77. The van der Waals surface area contributed by atoms with Crippen molar-refractivity contribution in [1.82, 2.24) is 4.57 Å². The molecule has 0 saturated heterocycles. The number of fused-ring (bicyclic) bond motifs is 16. The highest BCUT2D eigenvalue weighted by Crippen LogP contribution is 2.51. The van der Waals surface area contributed by atoms with Gasteiger partial charge in [-0.3, -0.25) is 0 Å². The van der Waals surface area contributed by atoms with Gasteiger partial charge in [0, 0.05) is 21.9 Å². The quantitative estimate of drug-likeness (QED) is 0.155. The molecule has 0 atom stereocenters. The van der Waals surface area contributed by atoms with Gasteiger partial charge in [-0.15, -0.1) is 0 Å². The molecule has 0 unspecified atom stereocenters. The Bertz CT molecular complexity index is 4550. The maximum Gasteiger partial charge on any atom is 0.0547 e. The number of rotatable bonds is 4. The lowest BCUT2D eigenvalue weighted by Crippen LogP contribution is -2.15. The van der Waals surface area contributed by atoms with Gasteiger partial charge in [-0.25, -0.2) is 0 Å². The van der Waals surface area contributed by atoms with Crippen LogP contribution in [0, 0.1) is 0 Å². The molecule has 1 aliphatic carbocycles. The van der Waals surface area contributed by atoms with Crippen molar-refractivity contribution in [3.63, 3.8) is 0 Å². The van der Waals surface area contributed by atoms with Crippen LogP contribution in [0.1, 0.15) is 25.0 Å². The SMILES string of the molecule is CC1(C)c2ccc(-c3ccc4c(ccc5c6ccc(-c7ccc8c9ccccc9n(-c9ccccc9)c8c7)cc6ccc45)c3)cc2-c2ccc(-c3ccc4c(ccc5c6ccccc6ccc45)c3)cc21. The lowest BCUT2D eigenvalue weighted by atomic mass is 9.81. The summed E-state index contributed by atoms with van der Waals surface area (Å²) >= 11 is 0. The third kappa shape index (κ3) is 5.73. The number of nitrogens with zero attached hydrogens (tertiary/aromatic N) is 1. The second kappa shape index (κ2) is 14.6. The van der Waals surface area contributed by atoms with Crippen molar-refractivity contribution in [2.24, 2.45) is 0 Å². The zero-order chi connectivity index (χ0) is 46.2. The van der Waals surface area contributed by atoms with Crippen molar-refractivity contribution in [3.8, 4) is 50.2 Å². The average Bonchev–Trinajstić information content (AvgIpc) is 3.87. The highest BCUT2D eigenvalue weighted by Gasteiger charge is 2.36. The molecule has 13 aromatic carbocycles. The molecule has 1 heteroatoms. The molecule has 70 heavy (non-hydrogen) atoms. The number of benzene rings is 13. The fourth-order valence-electron chi connectivity index (χ4n) is 12.4. The molecule has 1 nitrogen and oxygen atoms in total. The van der Waals surface area contributed by atoms with Crippen LogP contribution in [0.25, 0.3) is 137 Å². The van der Waals surface area contributed by atoms with Gasteiger partial charge in [0.05, 0.1) is 11.0 Å². The van der Waals surface area contributed by atoms with Gasteiger partial charge in [0.25, 0.3) is 0 Å². The standard InChI is InChI=1S/C69H45N/c1-69(2)65-35-25-46(39-64(65)61-33-20-47(40-66(61)69)44-18-27-54-50(37-44)22-30-57-53-13-7-6-10-42(53)16-29-58(54)57)43-17-26-55-49(36-43)23-31-60-56-28-19-45(38-51(56)24-32-59(55)60)48-21-34-63-62-14-8-9-15-67(62)70(68(63)41-48)52-11-4-3-5-12-52/h3-41H,1-2H3. The van der Waals surface area contributed by atoms with E-state index in [4.69, 9.17) is 0 Å². The Morgan fingerprint density at radius 2 is 0.686 bits per heavy atom. The predicted molar refractivity (Wildman–Crippen MR) is 300 cm³/mol. The third-order valence-corrected chi connectivity index (χ3v) is 15.9. The van der Waals surface area contributed by atoms with Crippen molar-refractivity contribution in [3.05, 3.63) is 248 Å². The molecule has 1 aromatic heterocycles. The molecule has 0 spiro atoms. The molecular formula is C69H45N. The second-order valence-electron chi connectivity index (χ2n) is 20.0. The minimum atomic E-state index is -0.115. The van der Waals surface area contributed by atoms with Crippen LogP contribution in [-0.4, -0.2) is 4.57 Å². The van der Waals surface area contributed by atoms with Gasteiger partial charge >= 0.3 is 0 Å². The summed E-state index contributed by atoms with van der Waals surface area (Å²) < 4.78 is 2.40. The van der Waals surface area contributed by atoms with Gasteiger partial charge in [0.1, 0.15) is 0 Å².